The number of halogens is 1. The molecule has 0 bridgehead atoms. The lowest BCUT2D eigenvalue weighted by molar-refractivity contribution is -0.150. The van der Waals surface area contributed by atoms with Gasteiger partial charge in [0.2, 0.25) is 23.6 Å². The van der Waals surface area contributed by atoms with Crippen molar-refractivity contribution in [3.05, 3.63) is 104 Å². The molecule has 92 heavy (non-hydrogen) atoms. The van der Waals surface area contributed by atoms with Crippen molar-refractivity contribution in [1.29, 1.82) is 0 Å². The molecule has 5 heterocycles. The Bertz CT molecular complexity index is 3260. The van der Waals surface area contributed by atoms with Crippen molar-refractivity contribution in [3.8, 4) is 15.4 Å². The van der Waals surface area contributed by atoms with Crippen LogP contribution in [0.5, 0.6) is 0 Å². The second-order valence-corrected chi connectivity index (χ2v) is 28.2. The summed E-state index contributed by atoms with van der Waals surface area (Å²) in [5.74, 6) is -0.660. The molecule has 4 atom stereocenters. The molecule has 5 aromatic rings. The number of nitrogens with zero attached hydrogens (tertiary/aromatic N) is 6. The maximum atomic E-state index is 14.7. The largest absolute Gasteiger partial charge is 0.460 e. The van der Waals surface area contributed by atoms with Gasteiger partial charge >= 0.3 is 12.1 Å². The summed E-state index contributed by atoms with van der Waals surface area (Å²) in [5.41, 5.74) is 7.13. The van der Waals surface area contributed by atoms with Crippen molar-refractivity contribution >= 4 is 75.7 Å². The molecule has 0 unspecified atom stereocenters. The zero-order valence-corrected chi connectivity index (χ0v) is 57.7. The Balaban J connectivity index is 0.809. The fourth-order valence-corrected chi connectivity index (χ4v) is 13.2. The Morgan fingerprint density at radius 1 is 0.717 bits per heavy atom. The van der Waals surface area contributed by atoms with Gasteiger partial charge in [0.25, 0.3) is 0 Å². The third-order valence-corrected chi connectivity index (χ3v) is 18.4. The number of ether oxygens (including phenoxy) is 5. The number of unbranched alkanes of at least 4 members (excludes halogenated alkanes) is 10. The van der Waals surface area contributed by atoms with Crippen molar-refractivity contribution in [3.63, 3.8) is 0 Å². The van der Waals surface area contributed by atoms with E-state index in [1.165, 1.54) is 11.3 Å². The van der Waals surface area contributed by atoms with Crippen molar-refractivity contribution in [2.24, 2.45) is 10.4 Å². The van der Waals surface area contributed by atoms with Crippen LogP contribution in [-0.2, 0) is 54.2 Å². The van der Waals surface area contributed by atoms with E-state index in [0.29, 0.717) is 29.6 Å². The summed E-state index contributed by atoms with van der Waals surface area (Å²) in [4.78, 5) is 94.0. The topological polar surface area (TPSA) is 256 Å². The molecule has 21 nitrogen and oxygen atoms in total. The summed E-state index contributed by atoms with van der Waals surface area (Å²) >= 11 is 9.47. The summed E-state index contributed by atoms with van der Waals surface area (Å²) < 4.78 is 30.3. The van der Waals surface area contributed by atoms with Gasteiger partial charge in [-0.15, -0.1) is 32.9 Å². The molecule has 0 saturated carbocycles. The number of rotatable bonds is 35. The monoisotopic (exact) mass is 1330 g/mol. The number of likely N-dealkylation sites (tertiary alicyclic amines) is 1. The quantitative estimate of drug-likeness (QED) is 0.0217. The third-order valence-electron chi connectivity index (χ3n) is 16.0. The van der Waals surface area contributed by atoms with E-state index in [-0.39, 0.29) is 96.5 Å². The predicted molar refractivity (Wildman–Crippen MR) is 359 cm³/mol. The number of alkyl carbamates (subject to hydrolysis) is 1. The number of benzene rings is 2. The highest BCUT2D eigenvalue weighted by molar-refractivity contribution is 7.15. The lowest BCUT2D eigenvalue weighted by atomic mass is 9.85. The minimum atomic E-state index is -1.04. The standard InChI is InChI=1S/C68H95ClN10O11S2/c1-44-46(3)92-65-58(44)59(49-27-29-51(69)30-28-49)74-53(62-77-76-47(4)79(62)65)39-55(80)70-32-33-86-34-35-87-36-37-88-42-56(81)75-61(67(5,6)7)64(84)78-41-52(38-54(78)63(83)72-40-48-23-25-50(26-24-48)60-45(2)73-43-91-60)89-57(82)22-20-18-16-14-12-11-13-15-17-19-21-31-71-66(85)90-68(8,9)10/h23-30,43,52-54,61H,11-22,31-42H2,1-10H3,(H,70,80)(H,71,85)(H,72,83)(H,75,81)/t52-,53+,54+,61-/m1/s1. The molecule has 1 fully saturated rings. The highest BCUT2D eigenvalue weighted by Crippen LogP contribution is 2.40. The summed E-state index contributed by atoms with van der Waals surface area (Å²) in [5, 5.41) is 22.1. The SMILES string of the molecule is Cc1ncsc1-c1ccc(CNC(=O)[C@@H]2C[C@@H](OC(=O)CCCCCCCCCCCCCNC(=O)OC(C)(C)C)CN2C(=O)[C@@H](NC(=O)COCCOCCOCCNC(=O)C[C@@H]2N=C(c3ccc(Cl)cc3)c3c(sc(C)c3C)-n3c(C)nnc32)C(C)(C)C)cc1. The molecule has 2 aliphatic heterocycles. The number of thiophene rings is 1. The van der Waals surface area contributed by atoms with E-state index in [9.17, 15) is 28.8 Å². The van der Waals surface area contributed by atoms with Crippen molar-refractivity contribution in [2.45, 2.75) is 196 Å². The van der Waals surface area contributed by atoms with Gasteiger partial charge in [-0.1, -0.05) is 127 Å². The van der Waals surface area contributed by atoms with Crippen molar-refractivity contribution < 1.29 is 52.5 Å². The second-order valence-electron chi connectivity index (χ2n) is 25.7. The van der Waals surface area contributed by atoms with Gasteiger partial charge in [0.05, 0.1) is 67.8 Å². The van der Waals surface area contributed by atoms with Gasteiger partial charge in [-0.3, -0.25) is 33.5 Å². The van der Waals surface area contributed by atoms with Crippen LogP contribution in [0.15, 0.2) is 59.0 Å². The Labute approximate surface area is 555 Å². The van der Waals surface area contributed by atoms with E-state index in [1.54, 1.807) is 22.7 Å². The average Bonchev–Trinajstić information content (AvgIpc) is 1.59. The second kappa shape index (κ2) is 35.6. The molecule has 0 radical (unpaired) electrons. The van der Waals surface area contributed by atoms with Crippen molar-refractivity contribution in [1.82, 2.24) is 45.9 Å². The normalized spacial score (nSPS) is 15.8. The summed E-state index contributed by atoms with van der Waals surface area (Å²) in [7, 11) is 0. The maximum Gasteiger partial charge on any atom is 0.407 e. The van der Waals surface area contributed by atoms with Crippen LogP contribution in [0, 0.1) is 33.1 Å². The van der Waals surface area contributed by atoms with Crippen molar-refractivity contribution in [2.75, 3.05) is 59.3 Å². The molecule has 4 N–H and O–H groups in total. The van der Waals surface area contributed by atoms with Gasteiger partial charge in [-0.05, 0) is 95.5 Å². The minimum absolute atomic E-state index is 0.00561. The van der Waals surface area contributed by atoms with E-state index in [0.717, 1.165) is 112 Å². The first-order valence-electron chi connectivity index (χ1n) is 32.4. The summed E-state index contributed by atoms with van der Waals surface area (Å²) in [6.45, 7) is 20.9. The van der Waals surface area contributed by atoms with Crippen LogP contribution >= 0.6 is 34.3 Å². The minimum Gasteiger partial charge on any atom is -0.460 e. The van der Waals surface area contributed by atoms with Gasteiger partial charge in [0.15, 0.2) is 5.82 Å². The van der Waals surface area contributed by atoms with E-state index in [4.69, 9.17) is 40.3 Å². The zero-order valence-electron chi connectivity index (χ0n) is 55.3. The molecule has 1 saturated heterocycles. The number of fused-ring (bicyclic) bond motifs is 3. The average molecular weight is 1330 g/mol. The maximum absolute atomic E-state index is 14.7. The van der Waals surface area contributed by atoms with E-state index in [1.807, 2.05) is 114 Å². The van der Waals surface area contributed by atoms with E-state index in [2.05, 4.69) is 50.3 Å². The van der Waals surface area contributed by atoms with Crippen LogP contribution in [-0.4, -0.2) is 149 Å². The Hall–Kier alpha value is -6.63. The first-order chi connectivity index (χ1) is 44.0. The number of amides is 5. The Kier molecular flexibility index (Phi) is 28.2. The number of carbonyl (C=O) groups excluding carboxylic acids is 6. The van der Waals surface area contributed by atoms with Crippen LogP contribution in [0.2, 0.25) is 5.02 Å². The number of carbonyl (C=O) groups is 6. The van der Waals surface area contributed by atoms with E-state index < -0.39 is 53.0 Å². The number of esters is 1. The van der Waals surface area contributed by atoms with Crippen LogP contribution < -0.4 is 21.3 Å². The molecule has 2 aliphatic rings. The zero-order chi connectivity index (χ0) is 66.4. The van der Waals surface area contributed by atoms with Gasteiger partial charge in [0, 0.05) is 53.5 Å². The van der Waals surface area contributed by atoms with Gasteiger partial charge in [0.1, 0.15) is 47.3 Å². The van der Waals surface area contributed by atoms with Crippen LogP contribution in [0.3, 0.4) is 0 Å². The molecule has 2 aromatic carbocycles. The summed E-state index contributed by atoms with van der Waals surface area (Å²) in [6.07, 6.45) is 10.8. The van der Waals surface area contributed by atoms with Gasteiger partial charge < -0.3 is 49.9 Å². The fraction of sp³-hybridized carbons (Fsp3) is 0.588. The molecular formula is C68H95ClN10O11S2. The summed E-state index contributed by atoms with van der Waals surface area (Å²) in [6, 6.07) is 12.8. The molecule has 24 heteroatoms. The molecule has 3 aromatic heterocycles. The van der Waals surface area contributed by atoms with Gasteiger partial charge in [-0.25, -0.2) is 9.78 Å². The lowest BCUT2D eigenvalue weighted by Crippen LogP contribution is -2.58. The Morgan fingerprint density at radius 2 is 1.35 bits per heavy atom. The van der Waals surface area contributed by atoms with Crippen LogP contribution in [0.4, 0.5) is 4.79 Å². The predicted octanol–water partition coefficient (Wildman–Crippen LogP) is 11.4. The number of hydrogen-bond donors (Lipinski definition) is 4. The molecule has 0 aliphatic carbocycles. The number of thiazole rings is 1. The highest BCUT2D eigenvalue weighted by Gasteiger charge is 2.46. The molecule has 7 rings (SSSR count). The van der Waals surface area contributed by atoms with Crippen LogP contribution in [0.1, 0.15) is 182 Å². The highest BCUT2D eigenvalue weighted by atomic mass is 35.5. The molecule has 502 valence electrons. The molecule has 0 spiro atoms. The number of aryl methyl sites for hydroxylation is 3. The fourth-order valence-electron chi connectivity index (χ4n) is 11.0. The first-order valence-corrected chi connectivity index (χ1v) is 34.4. The number of hydrogen-bond acceptors (Lipinski definition) is 17. The smallest absolute Gasteiger partial charge is 0.407 e. The first kappa shape index (κ1) is 72.8. The van der Waals surface area contributed by atoms with E-state index >= 15 is 0 Å². The number of aliphatic imine (C=N–C) groups is 1. The van der Waals surface area contributed by atoms with Gasteiger partial charge in [-0.2, -0.15) is 0 Å². The number of nitrogens with one attached hydrogen (secondary N) is 4. The lowest BCUT2D eigenvalue weighted by Gasteiger charge is -2.35. The number of aromatic nitrogens is 4. The van der Waals surface area contributed by atoms with Crippen LogP contribution in [0.25, 0.3) is 15.4 Å². The molecular weight excluding hydrogens is 1230 g/mol. The third kappa shape index (κ3) is 22.3. The molecule has 5 amide bonds. The Morgan fingerprint density at radius 3 is 1.99 bits per heavy atom.